The Morgan fingerprint density at radius 2 is 1.80 bits per heavy atom. The van der Waals surface area contributed by atoms with Crippen molar-refractivity contribution in [3.05, 3.63) is 70.8 Å². The van der Waals surface area contributed by atoms with Crippen LogP contribution in [0.25, 0.3) is 10.9 Å². The molecular formula is C40H53N9O5. The standard InChI is InChI=1S/C40H53N9O5/c1-45-20-22-46(23-21-45)17-12-36(50)44-33-9-10-34-35(25-33)43-29-49(39(34)53)27-40(54)13-18-48(19-14-40)38(52)31(24-30-6-3-2-4-7-30)8-5-15-42-37(51)32-11-16-47(26-32)28-41/h2-4,6-7,9-10,25,29,31-32,54H,5,8,11-24,26-27H2,1H3,(H,42,51)(H,44,50). The van der Waals surface area contributed by atoms with Crippen LogP contribution in [0, 0.1) is 23.3 Å². The Morgan fingerprint density at radius 1 is 1.04 bits per heavy atom. The van der Waals surface area contributed by atoms with Gasteiger partial charge in [-0.25, -0.2) is 4.98 Å². The minimum atomic E-state index is -1.19. The number of nitriles is 1. The first-order chi connectivity index (χ1) is 26.1. The molecule has 4 heterocycles. The quantitative estimate of drug-likeness (QED) is 0.164. The number of piperazine rings is 1. The normalized spacial score (nSPS) is 19.7. The van der Waals surface area contributed by atoms with E-state index in [0.29, 0.717) is 101 Å². The number of benzene rings is 2. The lowest BCUT2D eigenvalue weighted by Gasteiger charge is -2.39. The van der Waals surface area contributed by atoms with Gasteiger partial charge >= 0.3 is 0 Å². The highest BCUT2D eigenvalue weighted by atomic mass is 16.3. The summed E-state index contributed by atoms with van der Waals surface area (Å²) in [4.78, 5) is 65.2. The van der Waals surface area contributed by atoms with Crippen molar-refractivity contribution in [2.45, 2.75) is 57.1 Å². The summed E-state index contributed by atoms with van der Waals surface area (Å²) >= 11 is 0. The molecule has 3 amide bonds. The van der Waals surface area contributed by atoms with Gasteiger partial charge < -0.3 is 35.3 Å². The van der Waals surface area contributed by atoms with Crippen LogP contribution in [0.3, 0.4) is 0 Å². The number of aromatic nitrogens is 2. The van der Waals surface area contributed by atoms with Crippen molar-refractivity contribution < 1.29 is 19.5 Å². The van der Waals surface area contributed by atoms with Gasteiger partial charge in [0.2, 0.25) is 17.7 Å². The van der Waals surface area contributed by atoms with Crippen LogP contribution >= 0.6 is 0 Å². The number of hydrogen-bond donors (Lipinski definition) is 3. The summed E-state index contributed by atoms with van der Waals surface area (Å²) in [6, 6.07) is 15.0. The van der Waals surface area contributed by atoms with Crippen molar-refractivity contribution in [2.24, 2.45) is 11.8 Å². The van der Waals surface area contributed by atoms with Crippen LogP contribution in [0.2, 0.25) is 0 Å². The van der Waals surface area contributed by atoms with Gasteiger partial charge in [0.1, 0.15) is 0 Å². The van der Waals surface area contributed by atoms with E-state index < -0.39 is 5.60 Å². The number of carbonyl (C=O) groups excluding carboxylic acids is 3. The Kier molecular flexibility index (Phi) is 13.0. The molecule has 288 valence electrons. The van der Waals surface area contributed by atoms with Gasteiger partial charge in [0, 0.05) is 83.5 Å². The fourth-order valence-electron chi connectivity index (χ4n) is 7.76. The number of fused-ring (bicyclic) bond motifs is 1. The lowest BCUT2D eigenvalue weighted by molar-refractivity contribution is -0.140. The highest BCUT2D eigenvalue weighted by Gasteiger charge is 2.36. The Balaban J connectivity index is 1.01. The molecule has 3 saturated heterocycles. The summed E-state index contributed by atoms with van der Waals surface area (Å²) in [5.41, 5.74) is 0.654. The molecule has 2 aromatic carbocycles. The molecule has 3 fully saturated rings. The SMILES string of the molecule is CN1CCN(CCC(=O)Nc2ccc3c(=O)n(CC4(O)CCN(C(=O)C(CCCNC(=O)C5CCN(C#N)C5)Cc5ccccc5)CC4)cnc3c2)CC1. The maximum absolute atomic E-state index is 13.9. The van der Waals surface area contributed by atoms with Crippen LogP contribution in [0.5, 0.6) is 0 Å². The number of nitrogens with zero attached hydrogens (tertiary/aromatic N) is 7. The summed E-state index contributed by atoms with van der Waals surface area (Å²) in [5.74, 6) is -0.572. The van der Waals surface area contributed by atoms with Crippen molar-refractivity contribution in [1.82, 2.24) is 34.5 Å². The number of likely N-dealkylation sites (N-methyl/N-ethyl adjacent to an activating group) is 1. The minimum Gasteiger partial charge on any atom is -0.388 e. The van der Waals surface area contributed by atoms with Crippen LogP contribution in [0.4, 0.5) is 5.69 Å². The van der Waals surface area contributed by atoms with E-state index in [9.17, 15) is 24.3 Å². The predicted molar refractivity (Wildman–Crippen MR) is 205 cm³/mol. The van der Waals surface area contributed by atoms with E-state index in [1.807, 2.05) is 35.2 Å². The number of nitrogens with one attached hydrogen (secondary N) is 2. The van der Waals surface area contributed by atoms with Crippen molar-refractivity contribution in [1.29, 1.82) is 5.26 Å². The number of rotatable bonds is 14. The molecule has 0 radical (unpaired) electrons. The first-order valence-corrected chi connectivity index (χ1v) is 19.3. The minimum absolute atomic E-state index is 0.0273. The topological polar surface area (TPSA) is 167 Å². The highest BCUT2D eigenvalue weighted by molar-refractivity contribution is 5.93. The second-order valence-electron chi connectivity index (χ2n) is 15.3. The zero-order valence-corrected chi connectivity index (χ0v) is 31.3. The van der Waals surface area contributed by atoms with Crippen LogP contribution in [0.1, 0.15) is 44.1 Å². The average molecular weight is 740 g/mol. The van der Waals surface area contributed by atoms with E-state index in [0.717, 1.165) is 31.7 Å². The molecule has 0 bridgehead atoms. The van der Waals surface area contributed by atoms with Gasteiger partial charge in [-0.1, -0.05) is 30.3 Å². The molecule has 6 rings (SSSR count). The lowest BCUT2D eigenvalue weighted by atomic mass is 9.88. The zero-order valence-electron chi connectivity index (χ0n) is 31.3. The summed E-state index contributed by atoms with van der Waals surface area (Å²) in [7, 11) is 2.10. The number of piperidine rings is 1. The van der Waals surface area contributed by atoms with E-state index in [2.05, 4.69) is 38.7 Å². The summed E-state index contributed by atoms with van der Waals surface area (Å²) in [6.07, 6.45) is 7.06. The second kappa shape index (κ2) is 18.0. The van der Waals surface area contributed by atoms with Gasteiger partial charge in [0.15, 0.2) is 6.19 Å². The number of anilines is 1. The van der Waals surface area contributed by atoms with Gasteiger partial charge in [-0.15, -0.1) is 0 Å². The number of likely N-dealkylation sites (tertiary alicyclic amines) is 2. The van der Waals surface area contributed by atoms with Crippen molar-refractivity contribution in [3.63, 3.8) is 0 Å². The number of carbonyl (C=O) groups is 3. The van der Waals surface area contributed by atoms with E-state index in [1.54, 1.807) is 23.1 Å². The largest absolute Gasteiger partial charge is 0.388 e. The molecule has 3 aliphatic rings. The van der Waals surface area contributed by atoms with E-state index in [4.69, 9.17) is 5.26 Å². The number of amides is 3. The molecule has 14 heteroatoms. The maximum atomic E-state index is 13.9. The molecule has 0 spiro atoms. The van der Waals surface area contributed by atoms with Crippen LogP contribution in [0.15, 0.2) is 59.7 Å². The smallest absolute Gasteiger partial charge is 0.261 e. The fourth-order valence-corrected chi connectivity index (χ4v) is 7.76. The van der Waals surface area contributed by atoms with Crippen LogP contribution < -0.4 is 16.2 Å². The van der Waals surface area contributed by atoms with Crippen molar-refractivity contribution in [2.75, 3.05) is 77.8 Å². The predicted octanol–water partition coefficient (Wildman–Crippen LogP) is 1.88. The monoisotopic (exact) mass is 739 g/mol. The summed E-state index contributed by atoms with van der Waals surface area (Å²) in [6.45, 7) is 6.89. The Morgan fingerprint density at radius 3 is 2.52 bits per heavy atom. The molecule has 14 nitrogen and oxygen atoms in total. The molecule has 0 saturated carbocycles. The maximum Gasteiger partial charge on any atom is 0.261 e. The van der Waals surface area contributed by atoms with Gasteiger partial charge in [0.25, 0.3) is 5.56 Å². The van der Waals surface area contributed by atoms with Gasteiger partial charge in [0.05, 0.1) is 35.3 Å². The first-order valence-electron chi connectivity index (χ1n) is 19.3. The lowest BCUT2D eigenvalue weighted by Crippen LogP contribution is -2.51. The average Bonchev–Trinajstić information content (AvgIpc) is 3.67. The Labute approximate surface area is 316 Å². The van der Waals surface area contributed by atoms with Crippen molar-refractivity contribution in [3.8, 4) is 6.19 Å². The Hall–Kier alpha value is -4.84. The van der Waals surface area contributed by atoms with Gasteiger partial charge in [-0.05, 0) is 69.3 Å². The Bertz CT molecular complexity index is 1860. The van der Waals surface area contributed by atoms with E-state index >= 15 is 0 Å². The molecule has 3 aliphatic heterocycles. The van der Waals surface area contributed by atoms with E-state index in [1.165, 1.54) is 10.9 Å². The second-order valence-corrected chi connectivity index (χ2v) is 15.3. The molecule has 2 atom stereocenters. The third-order valence-corrected chi connectivity index (χ3v) is 11.2. The third kappa shape index (κ3) is 10.2. The number of aliphatic hydroxyl groups is 1. The highest BCUT2D eigenvalue weighted by Crippen LogP contribution is 2.27. The molecule has 54 heavy (non-hydrogen) atoms. The van der Waals surface area contributed by atoms with Gasteiger partial charge in [-0.3, -0.25) is 23.7 Å². The number of hydrogen-bond acceptors (Lipinski definition) is 10. The molecule has 0 aliphatic carbocycles. The van der Waals surface area contributed by atoms with Crippen molar-refractivity contribution >= 4 is 34.3 Å². The van der Waals surface area contributed by atoms with Crippen LogP contribution in [-0.2, 0) is 27.3 Å². The molecule has 2 unspecified atom stereocenters. The van der Waals surface area contributed by atoms with Gasteiger partial charge in [-0.2, -0.15) is 5.26 Å². The first kappa shape index (κ1) is 38.9. The fraction of sp³-hybridized carbons (Fsp3) is 0.550. The molecule has 3 N–H and O–H groups in total. The molecular weight excluding hydrogens is 686 g/mol. The van der Waals surface area contributed by atoms with Crippen LogP contribution in [-0.4, -0.2) is 130 Å². The third-order valence-electron chi connectivity index (χ3n) is 11.2. The summed E-state index contributed by atoms with van der Waals surface area (Å²) in [5, 5.41) is 27.0. The molecule has 1 aromatic heterocycles. The van der Waals surface area contributed by atoms with E-state index in [-0.39, 0.29) is 41.7 Å². The zero-order chi connectivity index (χ0) is 38.1. The summed E-state index contributed by atoms with van der Waals surface area (Å²) < 4.78 is 1.43. The molecule has 3 aromatic rings.